The normalized spacial score (nSPS) is 18.8. The lowest BCUT2D eigenvalue weighted by Crippen LogP contribution is -2.21. The topological polar surface area (TPSA) is 55.0 Å². The molecule has 4 heteroatoms. The van der Waals surface area contributed by atoms with E-state index in [0.717, 1.165) is 31.2 Å². The van der Waals surface area contributed by atoms with E-state index in [4.69, 9.17) is 5.73 Å². The minimum atomic E-state index is 0.547. The second-order valence-electron chi connectivity index (χ2n) is 5.04. The summed E-state index contributed by atoms with van der Waals surface area (Å²) in [6.07, 6.45) is 1.16. The highest BCUT2D eigenvalue weighted by Gasteiger charge is 2.24. The van der Waals surface area contributed by atoms with Crippen molar-refractivity contribution in [1.82, 2.24) is 9.97 Å². The molecule has 98 valence electrons. The fraction of sp³-hybridized carbons (Fsp3) is 0.333. The van der Waals surface area contributed by atoms with E-state index in [1.165, 1.54) is 5.56 Å². The summed E-state index contributed by atoms with van der Waals surface area (Å²) in [4.78, 5) is 10.9. The molecule has 0 aliphatic carbocycles. The van der Waals surface area contributed by atoms with Crippen LogP contribution in [-0.2, 0) is 0 Å². The number of rotatable bonds is 2. The molecule has 1 unspecified atom stereocenters. The van der Waals surface area contributed by atoms with Crippen LogP contribution in [0.25, 0.3) is 0 Å². The Labute approximate surface area is 113 Å². The van der Waals surface area contributed by atoms with Crippen LogP contribution in [0.2, 0.25) is 0 Å². The predicted molar refractivity (Wildman–Crippen MR) is 77.2 cm³/mol. The van der Waals surface area contributed by atoms with E-state index in [2.05, 4.69) is 45.2 Å². The van der Waals surface area contributed by atoms with Gasteiger partial charge in [0.25, 0.3) is 0 Å². The second kappa shape index (κ2) is 4.88. The lowest BCUT2D eigenvalue weighted by Gasteiger charge is -2.18. The third-order valence-electron chi connectivity index (χ3n) is 3.63. The van der Waals surface area contributed by atoms with Gasteiger partial charge in [0, 0.05) is 25.1 Å². The number of benzene rings is 1. The van der Waals surface area contributed by atoms with Gasteiger partial charge < -0.3 is 10.6 Å². The third-order valence-corrected chi connectivity index (χ3v) is 3.63. The molecule has 0 spiro atoms. The van der Waals surface area contributed by atoms with Crippen molar-refractivity contribution in [2.75, 3.05) is 23.7 Å². The van der Waals surface area contributed by atoms with Crippen LogP contribution in [0.3, 0.4) is 0 Å². The van der Waals surface area contributed by atoms with E-state index in [1.807, 2.05) is 13.0 Å². The first-order valence-corrected chi connectivity index (χ1v) is 6.63. The maximum absolute atomic E-state index is 5.80. The van der Waals surface area contributed by atoms with Crippen LogP contribution in [0.4, 0.5) is 11.6 Å². The van der Waals surface area contributed by atoms with Crippen LogP contribution >= 0.6 is 0 Å². The van der Waals surface area contributed by atoms with Gasteiger partial charge in [0.15, 0.2) is 0 Å². The highest BCUT2D eigenvalue weighted by Crippen LogP contribution is 2.30. The molecule has 1 fully saturated rings. The van der Waals surface area contributed by atoms with Crippen molar-refractivity contribution in [1.29, 1.82) is 0 Å². The van der Waals surface area contributed by atoms with Crippen LogP contribution in [0.1, 0.15) is 23.7 Å². The first-order chi connectivity index (χ1) is 9.22. The first kappa shape index (κ1) is 12.0. The van der Waals surface area contributed by atoms with Crippen LogP contribution in [0, 0.1) is 6.92 Å². The minimum Gasteiger partial charge on any atom is -0.384 e. The maximum Gasteiger partial charge on any atom is 0.134 e. The van der Waals surface area contributed by atoms with Crippen LogP contribution < -0.4 is 10.6 Å². The predicted octanol–water partition coefficient (Wildman–Crippen LogP) is 2.36. The average molecular weight is 254 g/mol. The van der Waals surface area contributed by atoms with Crippen molar-refractivity contribution < 1.29 is 0 Å². The zero-order valence-electron chi connectivity index (χ0n) is 11.1. The number of hydrogen-bond donors (Lipinski definition) is 1. The van der Waals surface area contributed by atoms with E-state index >= 15 is 0 Å². The first-order valence-electron chi connectivity index (χ1n) is 6.63. The van der Waals surface area contributed by atoms with Gasteiger partial charge in [-0.05, 0) is 18.9 Å². The van der Waals surface area contributed by atoms with Gasteiger partial charge in [0.05, 0.1) is 0 Å². The maximum atomic E-state index is 5.80. The van der Waals surface area contributed by atoms with E-state index < -0.39 is 0 Å². The largest absolute Gasteiger partial charge is 0.384 e. The van der Waals surface area contributed by atoms with Crippen LogP contribution in [-0.4, -0.2) is 23.1 Å². The summed E-state index contributed by atoms with van der Waals surface area (Å²) in [5, 5.41) is 0. The highest BCUT2D eigenvalue weighted by molar-refractivity contribution is 5.48. The Morgan fingerprint density at radius 1 is 1.21 bits per heavy atom. The van der Waals surface area contributed by atoms with E-state index in [0.29, 0.717) is 11.7 Å². The van der Waals surface area contributed by atoms with Gasteiger partial charge >= 0.3 is 0 Å². The summed E-state index contributed by atoms with van der Waals surface area (Å²) in [5.74, 6) is 2.81. The zero-order chi connectivity index (χ0) is 13.2. The summed E-state index contributed by atoms with van der Waals surface area (Å²) in [6, 6.07) is 12.5. The fourth-order valence-electron chi connectivity index (χ4n) is 2.70. The lowest BCUT2D eigenvalue weighted by molar-refractivity contribution is 0.774. The highest BCUT2D eigenvalue weighted by atomic mass is 15.2. The summed E-state index contributed by atoms with van der Waals surface area (Å²) in [6.45, 7) is 3.90. The second-order valence-corrected chi connectivity index (χ2v) is 5.04. The van der Waals surface area contributed by atoms with Crippen molar-refractivity contribution >= 4 is 11.6 Å². The number of aryl methyl sites for hydroxylation is 1. The molecule has 1 saturated heterocycles. The Morgan fingerprint density at radius 3 is 2.74 bits per heavy atom. The Hall–Kier alpha value is -2.10. The Bertz CT molecular complexity index is 547. The number of hydrogen-bond acceptors (Lipinski definition) is 4. The van der Waals surface area contributed by atoms with Gasteiger partial charge in [0.1, 0.15) is 17.5 Å². The molecule has 1 aromatic heterocycles. The van der Waals surface area contributed by atoms with Gasteiger partial charge in [-0.15, -0.1) is 0 Å². The molecule has 1 aliphatic heterocycles. The smallest absolute Gasteiger partial charge is 0.134 e. The lowest BCUT2D eigenvalue weighted by atomic mass is 9.99. The quantitative estimate of drug-likeness (QED) is 0.894. The molecule has 0 radical (unpaired) electrons. The summed E-state index contributed by atoms with van der Waals surface area (Å²) >= 11 is 0. The van der Waals surface area contributed by atoms with Crippen molar-refractivity contribution in [2.24, 2.45) is 0 Å². The van der Waals surface area contributed by atoms with Crippen molar-refractivity contribution in [3.05, 3.63) is 47.8 Å². The van der Waals surface area contributed by atoms with Crippen molar-refractivity contribution in [2.45, 2.75) is 19.3 Å². The van der Waals surface area contributed by atoms with Crippen LogP contribution in [0.5, 0.6) is 0 Å². The van der Waals surface area contributed by atoms with E-state index in [9.17, 15) is 0 Å². The molecule has 1 aromatic carbocycles. The summed E-state index contributed by atoms with van der Waals surface area (Å²) in [5.41, 5.74) is 7.20. The van der Waals surface area contributed by atoms with Gasteiger partial charge in [0.2, 0.25) is 0 Å². The summed E-state index contributed by atoms with van der Waals surface area (Å²) < 4.78 is 0. The van der Waals surface area contributed by atoms with Crippen molar-refractivity contribution in [3.63, 3.8) is 0 Å². The SMILES string of the molecule is Cc1nc(N)cc(N2CCC(c3ccccc3)C2)n1. The van der Waals surface area contributed by atoms with Crippen molar-refractivity contribution in [3.8, 4) is 0 Å². The molecule has 0 bridgehead atoms. The number of nitrogens with two attached hydrogens (primary N) is 1. The Balaban J connectivity index is 1.79. The molecule has 1 aliphatic rings. The number of anilines is 2. The standard InChI is InChI=1S/C15H18N4/c1-11-17-14(16)9-15(18-11)19-8-7-13(10-19)12-5-3-2-4-6-12/h2-6,9,13H,7-8,10H2,1H3,(H2,16,17,18). The molecule has 2 heterocycles. The van der Waals surface area contributed by atoms with Gasteiger partial charge in [-0.25, -0.2) is 9.97 Å². The molecule has 2 aromatic rings. The molecule has 1 atom stereocenters. The molecule has 19 heavy (non-hydrogen) atoms. The zero-order valence-corrected chi connectivity index (χ0v) is 11.1. The van der Waals surface area contributed by atoms with Gasteiger partial charge in [-0.1, -0.05) is 30.3 Å². The molecular weight excluding hydrogens is 236 g/mol. The van der Waals surface area contributed by atoms with Gasteiger partial charge in [-0.3, -0.25) is 0 Å². The average Bonchev–Trinajstić information content (AvgIpc) is 2.88. The monoisotopic (exact) mass is 254 g/mol. The number of nitrogens with zero attached hydrogens (tertiary/aromatic N) is 3. The molecule has 0 amide bonds. The third kappa shape index (κ3) is 2.52. The molecule has 3 rings (SSSR count). The Kier molecular flexibility index (Phi) is 3.07. The molecule has 4 nitrogen and oxygen atoms in total. The summed E-state index contributed by atoms with van der Waals surface area (Å²) in [7, 11) is 0. The van der Waals surface area contributed by atoms with Gasteiger partial charge in [-0.2, -0.15) is 0 Å². The molecule has 2 N–H and O–H groups in total. The minimum absolute atomic E-state index is 0.547. The number of aromatic nitrogens is 2. The molecular formula is C15H18N4. The number of nitrogen functional groups attached to an aromatic ring is 1. The fourth-order valence-corrected chi connectivity index (χ4v) is 2.70. The van der Waals surface area contributed by atoms with E-state index in [-0.39, 0.29) is 0 Å². The van der Waals surface area contributed by atoms with E-state index in [1.54, 1.807) is 0 Å². The molecule has 0 saturated carbocycles. The Morgan fingerprint density at radius 2 is 2.00 bits per heavy atom. The van der Waals surface area contributed by atoms with Crippen LogP contribution in [0.15, 0.2) is 36.4 Å².